The minimum Gasteiger partial charge on any atom is -0.497 e. The first kappa shape index (κ1) is 17.0. The Hall–Kier alpha value is -0.970. The van der Waals surface area contributed by atoms with Crippen LogP contribution in [-0.2, 0) is 0 Å². The van der Waals surface area contributed by atoms with Crippen LogP contribution in [0.3, 0.4) is 0 Å². The largest absolute Gasteiger partial charge is 0.497 e. The van der Waals surface area contributed by atoms with Crippen molar-refractivity contribution >= 4 is 12.4 Å². The number of rotatable bonds is 7. The number of ether oxygens (including phenoxy) is 2. The Kier molecular flexibility index (Phi) is 8.54. The number of hydrogen-bond donors (Lipinski definition) is 2. The van der Waals surface area contributed by atoms with Crippen LogP contribution in [0.1, 0.15) is 30.9 Å². The summed E-state index contributed by atoms with van der Waals surface area (Å²) in [5.74, 6) is 1.61. The molecule has 18 heavy (non-hydrogen) atoms. The minimum absolute atomic E-state index is 0. The predicted octanol–water partition coefficient (Wildman–Crippen LogP) is 2.25. The minimum atomic E-state index is -0.0356. The van der Waals surface area contributed by atoms with E-state index in [2.05, 4.69) is 0 Å². The van der Waals surface area contributed by atoms with Crippen molar-refractivity contribution in [2.24, 2.45) is 11.5 Å². The number of unbranched alkanes of at least 4 members (excludes halogenated alkanes) is 1. The maximum atomic E-state index is 6.16. The van der Waals surface area contributed by atoms with Gasteiger partial charge in [0.05, 0.1) is 14.2 Å². The number of methoxy groups -OCH3 is 2. The molecule has 1 atom stereocenters. The molecule has 4 nitrogen and oxygen atoms in total. The molecule has 4 N–H and O–H groups in total. The van der Waals surface area contributed by atoms with Gasteiger partial charge in [0, 0.05) is 11.6 Å². The molecule has 0 unspecified atom stereocenters. The molecule has 0 saturated heterocycles. The summed E-state index contributed by atoms with van der Waals surface area (Å²) < 4.78 is 10.5. The van der Waals surface area contributed by atoms with Crippen LogP contribution in [0.25, 0.3) is 0 Å². The first-order valence-electron chi connectivity index (χ1n) is 5.90. The zero-order valence-electron chi connectivity index (χ0n) is 11.0. The molecule has 0 radical (unpaired) electrons. The summed E-state index contributed by atoms with van der Waals surface area (Å²) in [6.07, 6.45) is 2.93. The Morgan fingerprint density at radius 2 is 1.89 bits per heavy atom. The van der Waals surface area contributed by atoms with Crippen molar-refractivity contribution in [3.05, 3.63) is 23.8 Å². The van der Waals surface area contributed by atoms with E-state index in [-0.39, 0.29) is 18.4 Å². The van der Waals surface area contributed by atoms with Gasteiger partial charge in [-0.25, -0.2) is 0 Å². The molecule has 0 aliphatic heterocycles. The Morgan fingerprint density at radius 1 is 1.17 bits per heavy atom. The molecule has 0 aliphatic carbocycles. The van der Waals surface area contributed by atoms with Crippen LogP contribution >= 0.6 is 12.4 Å². The molecule has 0 heterocycles. The second kappa shape index (κ2) is 9.03. The lowest BCUT2D eigenvalue weighted by Gasteiger charge is -2.16. The normalized spacial score (nSPS) is 11.6. The van der Waals surface area contributed by atoms with E-state index in [4.69, 9.17) is 20.9 Å². The van der Waals surface area contributed by atoms with E-state index in [9.17, 15) is 0 Å². The third-order valence-electron chi connectivity index (χ3n) is 2.81. The van der Waals surface area contributed by atoms with Gasteiger partial charge < -0.3 is 20.9 Å². The Morgan fingerprint density at radius 3 is 2.44 bits per heavy atom. The molecule has 0 spiro atoms. The zero-order chi connectivity index (χ0) is 12.7. The van der Waals surface area contributed by atoms with Crippen molar-refractivity contribution in [1.29, 1.82) is 0 Å². The molecule has 1 rings (SSSR count). The number of hydrogen-bond acceptors (Lipinski definition) is 4. The summed E-state index contributed by atoms with van der Waals surface area (Å²) in [5, 5.41) is 0. The molecule has 104 valence electrons. The van der Waals surface area contributed by atoms with Gasteiger partial charge >= 0.3 is 0 Å². The molecule has 0 fully saturated rings. The van der Waals surface area contributed by atoms with Gasteiger partial charge in [-0.15, -0.1) is 12.4 Å². The van der Waals surface area contributed by atoms with Crippen LogP contribution in [0.5, 0.6) is 11.5 Å². The predicted molar refractivity (Wildman–Crippen MR) is 76.6 cm³/mol. The van der Waals surface area contributed by atoms with Gasteiger partial charge in [0.15, 0.2) is 0 Å². The molecule has 0 aliphatic rings. The molecular weight excluding hydrogens is 252 g/mol. The van der Waals surface area contributed by atoms with Crippen molar-refractivity contribution < 1.29 is 9.47 Å². The van der Waals surface area contributed by atoms with Gasteiger partial charge in [0.2, 0.25) is 0 Å². The zero-order valence-corrected chi connectivity index (χ0v) is 11.8. The third-order valence-corrected chi connectivity index (χ3v) is 2.81. The van der Waals surface area contributed by atoms with Gasteiger partial charge in [0.1, 0.15) is 11.5 Å². The van der Waals surface area contributed by atoms with E-state index in [1.54, 1.807) is 14.2 Å². The first-order valence-corrected chi connectivity index (χ1v) is 5.90. The number of nitrogens with two attached hydrogens (primary N) is 2. The van der Waals surface area contributed by atoms with Crippen molar-refractivity contribution in [1.82, 2.24) is 0 Å². The van der Waals surface area contributed by atoms with Crippen LogP contribution in [-0.4, -0.2) is 20.8 Å². The van der Waals surface area contributed by atoms with E-state index in [0.29, 0.717) is 6.54 Å². The SMILES string of the molecule is COc1ccc(OC)c([C@@H](N)CCCCN)c1.Cl. The standard InChI is InChI=1S/C13H22N2O2.ClH/c1-16-10-6-7-13(17-2)11(9-10)12(15)5-3-4-8-14;/h6-7,9,12H,3-5,8,14-15H2,1-2H3;1H/t12-;/m0./s1. The molecule has 1 aromatic carbocycles. The smallest absolute Gasteiger partial charge is 0.123 e. The maximum absolute atomic E-state index is 6.16. The first-order chi connectivity index (χ1) is 8.22. The van der Waals surface area contributed by atoms with E-state index in [1.807, 2.05) is 18.2 Å². The second-order valence-electron chi connectivity index (χ2n) is 4.00. The topological polar surface area (TPSA) is 70.5 Å². The van der Waals surface area contributed by atoms with Crippen molar-refractivity contribution in [3.8, 4) is 11.5 Å². The third kappa shape index (κ3) is 4.72. The molecule has 5 heteroatoms. The van der Waals surface area contributed by atoms with Crippen LogP contribution in [0.4, 0.5) is 0 Å². The Balaban J connectivity index is 0.00000289. The Labute approximate surface area is 115 Å². The van der Waals surface area contributed by atoms with Crippen LogP contribution in [0, 0.1) is 0 Å². The van der Waals surface area contributed by atoms with Gasteiger partial charge in [-0.1, -0.05) is 6.42 Å². The molecule has 1 aromatic rings. The molecule has 0 aromatic heterocycles. The van der Waals surface area contributed by atoms with E-state index < -0.39 is 0 Å². The summed E-state index contributed by atoms with van der Waals surface area (Å²) >= 11 is 0. The average molecular weight is 275 g/mol. The average Bonchev–Trinajstić information content (AvgIpc) is 2.38. The summed E-state index contributed by atoms with van der Waals surface area (Å²) in [4.78, 5) is 0. The highest BCUT2D eigenvalue weighted by atomic mass is 35.5. The summed E-state index contributed by atoms with van der Waals surface area (Å²) in [6, 6.07) is 5.66. The van der Waals surface area contributed by atoms with E-state index in [0.717, 1.165) is 36.3 Å². The fourth-order valence-corrected chi connectivity index (χ4v) is 1.79. The highest BCUT2D eigenvalue weighted by Crippen LogP contribution is 2.30. The van der Waals surface area contributed by atoms with E-state index in [1.165, 1.54) is 0 Å². The molecule has 0 bridgehead atoms. The lowest BCUT2D eigenvalue weighted by molar-refractivity contribution is 0.393. The fraction of sp³-hybridized carbons (Fsp3) is 0.538. The summed E-state index contributed by atoms with van der Waals surface area (Å²) in [5.41, 5.74) is 12.6. The lowest BCUT2D eigenvalue weighted by Crippen LogP contribution is -2.12. The second-order valence-corrected chi connectivity index (χ2v) is 4.00. The molecule has 0 saturated carbocycles. The van der Waals surface area contributed by atoms with E-state index >= 15 is 0 Å². The van der Waals surface area contributed by atoms with Gasteiger partial charge in [0.25, 0.3) is 0 Å². The van der Waals surface area contributed by atoms with Gasteiger partial charge in [-0.3, -0.25) is 0 Å². The monoisotopic (exact) mass is 274 g/mol. The van der Waals surface area contributed by atoms with Crippen molar-refractivity contribution in [2.45, 2.75) is 25.3 Å². The molecular formula is C13H23ClN2O2. The Bertz CT molecular complexity index is 348. The van der Waals surface area contributed by atoms with Crippen LogP contribution in [0.15, 0.2) is 18.2 Å². The quantitative estimate of drug-likeness (QED) is 0.748. The fourth-order valence-electron chi connectivity index (χ4n) is 1.79. The van der Waals surface area contributed by atoms with Crippen molar-refractivity contribution in [3.63, 3.8) is 0 Å². The van der Waals surface area contributed by atoms with Crippen LogP contribution in [0.2, 0.25) is 0 Å². The highest BCUT2D eigenvalue weighted by Gasteiger charge is 2.12. The lowest BCUT2D eigenvalue weighted by atomic mass is 10.0. The number of benzene rings is 1. The highest BCUT2D eigenvalue weighted by molar-refractivity contribution is 5.85. The van der Waals surface area contributed by atoms with Gasteiger partial charge in [-0.05, 0) is 37.6 Å². The summed E-state index contributed by atoms with van der Waals surface area (Å²) in [6.45, 7) is 0.710. The number of halogens is 1. The van der Waals surface area contributed by atoms with Gasteiger partial charge in [-0.2, -0.15) is 0 Å². The van der Waals surface area contributed by atoms with Crippen molar-refractivity contribution in [2.75, 3.05) is 20.8 Å². The summed E-state index contributed by atoms with van der Waals surface area (Å²) in [7, 11) is 3.30. The molecule has 0 amide bonds. The van der Waals surface area contributed by atoms with Crippen LogP contribution < -0.4 is 20.9 Å². The maximum Gasteiger partial charge on any atom is 0.123 e.